The van der Waals surface area contributed by atoms with Crippen molar-refractivity contribution in [2.45, 2.75) is 19.1 Å². The predicted molar refractivity (Wildman–Crippen MR) is 82.1 cm³/mol. The molecule has 0 unspecified atom stereocenters. The van der Waals surface area contributed by atoms with Crippen molar-refractivity contribution >= 4 is 16.6 Å². The zero-order valence-corrected chi connectivity index (χ0v) is 12.0. The predicted octanol–water partition coefficient (Wildman–Crippen LogP) is 1.66. The van der Waals surface area contributed by atoms with Gasteiger partial charge in [0, 0.05) is 36.9 Å². The standard InChI is InChI=1S/C16H18N4O/c1-11-9-20(10-13(8-18)21-11)15-5-4-12(7-17)16-14(15)3-2-6-19-16/h2-6,11,13H,8-10,18H2,1H3/t11-,13+/m0/s1. The third kappa shape index (κ3) is 2.56. The van der Waals surface area contributed by atoms with Crippen LogP contribution in [0.5, 0.6) is 0 Å². The fourth-order valence-corrected chi connectivity index (χ4v) is 2.90. The molecule has 21 heavy (non-hydrogen) atoms. The highest BCUT2D eigenvalue weighted by Crippen LogP contribution is 2.30. The van der Waals surface area contributed by atoms with Crippen LogP contribution in [0.1, 0.15) is 12.5 Å². The van der Waals surface area contributed by atoms with Crippen LogP contribution in [0.25, 0.3) is 10.9 Å². The summed E-state index contributed by atoms with van der Waals surface area (Å²) in [7, 11) is 0. The summed E-state index contributed by atoms with van der Waals surface area (Å²) in [5, 5.41) is 10.2. The normalized spacial score (nSPS) is 22.2. The highest BCUT2D eigenvalue weighted by Gasteiger charge is 2.25. The third-order valence-corrected chi connectivity index (χ3v) is 3.80. The van der Waals surface area contributed by atoms with Gasteiger partial charge in [0.05, 0.1) is 23.3 Å². The molecule has 3 rings (SSSR count). The van der Waals surface area contributed by atoms with E-state index in [4.69, 9.17) is 10.5 Å². The van der Waals surface area contributed by atoms with E-state index in [-0.39, 0.29) is 12.2 Å². The van der Waals surface area contributed by atoms with E-state index in [9.17, 15) is 5.26 Å². The van der Waals surface area contributed by atoms with E-state index >= 15 is 0 Å². The molecule has 0 bridgehead atoms. The average molecular weight is 282 g/mol. The summed E-state index contributed by atoms with van der Waals surface area (Å²) < 4.78 is 5.81. The lowest BCUT2D eigenvalue weighted by Gasteiger charge is -2.38. The van der Waals surface area contributed by atoms with Crippen LogP contribution in [-0.4, -0.2) is 36.8 Å². The minimum absolute atomic E-state index is 0.0381. The molecule has 1 aromatic carbocycles. The van der Waals surface area contributed by atoms with Crippen LogP contribution < -0.4 is 10.6 Å². The Kier molecular flexibility index (Phi) is 3.74. The van der Waals surface area contributed by atoms with E-state index in [1.807, 2.05) is 24.3 Å². The van der Waals surface area contributed by atoms with Crippen LogP contribution in [0.4, 0.5) is 5.69 Å². The van der Waals surface area contributed by atoms with Gasteiger partial charge in [-0.1, -0.05) is 0 Å². The molecule has 5 nitrogen and oxygen atoms in total. The molecule has 0 spiro atoms. The van der Waals surface area contributed by atoms with Crippen molar-refractivity contribution in [3.05, 3.63) is 36.0 Å². The fourth-order valence-electron chi connectivity index (χ4n) is 2.90. The topological polar surface area (TPSA) is 75.2 Å². The fraction of sp³-hybridized carbons (Fsp3) is 0.375. The van der Waals surface area contributed by atoms with Crippen molar-refractivity contribution in [2.24, 2.45) is 5.73 Å². The second-order valence-electron chi connectivity index (χ2n) is 5.35. The van der Waals surface area contributed by atoms with Gasteiger partial charge in [-0.15, -0.1) is 0 Å². The second kappa shape index (κ2) is 5.68. The van der Waals surface area contributed by atoms with E-state index in [0.29, 0.717) is 12.1 Å². The largest absolute Gasteiger partial charge is 0.370 e. The number of ether oxygens (including phenoxy) is 1. The van der Waals surface area contributed by atoms with E-state index in [1.165, 1.54) is 0 Å². The summed E-state index contributed by atoms with van der Waals surface area (Å²) in [5.41, 5.74) is 8.20. The van der Waals surface area contributed by atoms with E-state index in [0.717, 1.165) is 29.7 Å². The molecule has 1 aliphatic heterocycles. The summed E-state index contributed by atoms with van der Waals surface area (Å²) in [5.74, 6) is 0. The molecule has 2 atom stereocenters. The number of nitriles is 1. The number of hydrogen-bond acceptors (Lipinski definition) is 5. The third-order valence-electron chi connectivity index (χ3n) is 3.80. The van der Waals surface area contributed by atoms with Crippen molar-refractivity contribution in [3.8, 4) is 6.07 Å². The monoisotopic (exact) mass is 282 g/mol. The smallest absolute Gasteiger partial charge is 0.101 e. The van der Waals surface area contributed by atoms with Crippen molar-refractivity contribution < 1.29 is 4.74 Å². The van der Waals surface area contributed by atoms with Crippen LogP contribution in [0, 0.1) is 11.3 Å². The number of fused-ring (bicyclic) bond motifs is 1. The minimum atomic E-state index is 0.0381. The molecular formula is C16H18N4O. The maximum atomic E-state index is 9.22. The molecule has 1 saturated heterocycles. The van der Waals surface area contributed by atoms with Crippen LogP contribution in [0.3, 0.4) is 0 Å². The number of benzene rings is 1. The van der Waals surface area contributed by atoms with E-state index in [2.05, 4.69) is 22.9 Å². The Morgan fingerprint density at radius 3 is 3.05 bits per heavy atom. The van der Waals surface area contributed by atoms with E-state index in [1.54, 1.807) is 6.20 Å². The Hall–Kier alpha value is -2.16. The van der Waals surface area contributed by atoms with Gasteiger partial charge in [0.1, 0.15) is 6.07 Å². The van der Waals surface area contributed by atoms with Gasteiger partial charge >= 0.3 is 0 Å². The van der Waals surface area contributed by atoms with Crippen LogP contribution in [0.15, 0.2) is 30.5 Å². The van der Waals surface area contributed by atoms with Crippen LogP contribution in [0.2, 0.25) is 0 Å². The first-order chi connectivity index (χ1) is 10.2. The lowest BCUT2D eigenvalue weighted by atomic mass is 10.1. The molecule has 1 fully saturated rings. The first-order valence-electron chi connectivity index (χ1n) is 7.11. The number of anilines is 1. The first-order valence-corrected chi connectivity index (χ1v) is 7.11. The molecule has 5 heteroatoms. The van der Waals surface area contributed by atoms with Gasteiger partial charge in [-0.2, -0.15) is 5.26 Å². The quantitative estimate of drug-likeness (QED) is 0.906. The van der Waals surface area contributed by atoms with E-state index < -0.39 is 0 Å². The molecule has 1 aliphatic rings. The number of morpholine rings is 1. The number of nitrogens with zero attached hydrogens (tertiary/aromatic N) is 3. The summed E-state index contributed by atoms with van der Waals surface area (Å²) in [4.78, 5) is 6.64. The van der Waals surface area contributed by atoms with Crippen LogP contribution >= 0.6 is 0 Å². The van der Waals surface area contributed by atoms with Gasteiger partial charge in [0.25, 0.3) is 0 Å². The molecule has 1 aromatic heterocycles. The van der Waals surface area contributed by atoms with Gasteiger partial charge in [-0.3, -0.25) is 4.98 Å². The van der Waals surface area contributed by atoms with Gasteiger partial charge in [0.2, 0.25) is 0 Å². The Morgan fingerprint density at radius 2 is 2.29 bits per heavy atom. The minimum Gasteiger partial charge on any atom is -0.370 e. The molecule has 0 radical (unpaired) electrons. The lowest BCUT2D eigenvalue weighted by Crippen LogP contribution is -2.49. The summed E-state index contributed by atoms with van der Waals surface area (Å²) in [6.07, 6.45) is 1.89. The molecule has 0 amide bonds. The van der Waals surface area contributed by atoms with Crippen LogP contribution in [-0.2, 0) is 4.74 Å². The SMILES string of the molecule is C[C@H]1CN(c2ccc(C#N)c3ncccc23)C[C@@H](CN)O1. The first kappa shape index (κ1) is 13.8. The van der Waals surface area contributed by atoms with Gasteiger partial charge < -0.3 is 15.4 Å². The molecule has 2 N–H and O–H groups in total. The number of aromatic nitrogens is 1. The zero-order chi connectivity index (χ0) is 14.8. The van der Waals surface area contributed by atoms with Gasteiger partial charge in [-0.25, -0.2) is 0 Å². The Balaban J connectivity index is 2.07. The van der Waals surface area contributed by atoms with Crippen molar-refractivity contribution in [1.82, 2.24) is 4.98 Å². The van der Waals surface area contributed by atoms with Crippen molar-refractivity contribution in [2.75, 3.05) is 24.5 Å². The van der Waals surface area contributed by atoms with Crippen molar-refractivity contribution in [3.63, 3.8) is 0 Å². The maximum absolute atomic E-state index is 9.22. The molecule has 108 valence electrons. The average Bonchev–Trinajstić information content (AvgIpc) is 2.53. The highest BCUT2D eigenvalue weighted by atomic mass is 16.5. The van der Waals surface area contributed by atoms with Gasteiger partial charge in [-0.05, 0) is 31.2 Å². The molecular weight excluding hydrogens is 264 g/mol. The summed E-state index contributed by atoms with van der Waals surface area (Å²) >= 11 is 0. The highest BCUT2D eigenvalue weighted by molar-refractivity contribution is 5.95. The molecule has 0 aliphatic carbocycles. The Labute approximate surface area is 123 Å². The maximum Gasteiger partial charge on any atom is 0.101 e. The summed E-state index contributed by atoms with van der Waals surface area (Å²) in [6.45, 7) is 4.13. The molecule has 0 saturated carbocycles. The molecule has 2 aromatic rings. The number of pyridine rings is 1. The number of rotatable bonds is 2. The summed E-state index contributed by atoms with van der Waals surface area (Å²) in [6, 6.07) is 9.94. The zero-order valence-electron chi connectivity index (χ0n) is 12.0. The molecule has 2 heterocycles. The van der Waals surface area contributed by atoms with Gasteiger partial charge in [0.15, 0.2) is 0 Å². The number of nitrogens with two attached hydrogens (primary N) is 1. The second-order valence-corrected chi connectivity index (χ2v) is 5.35. The Morgan fingerprint density at radius 1 is 1.43 bits per heavy atom. The number of hydrogen-bond donors (Lipinski definition) is 1. The lowest BCUT2D eigenvalue weighted by molar-refractivity contribution is -0.0103. The van der Waals surface area contributed by atoms with Crippen molar-refractivity contribution in [1.29, 1.82) is 5.26 Å². The Bertz CT molecular complexity index is 694.